The fourth-order valence-corrected chi connectivity index (χ4v) is 1.29. The summed E-state index contributed by atoms with van der Waals surface area (Å²) in [7, 11) is 0. The van der Waals surface area contributed by atoms with Crippen molar-refractivity contribution in [2.24, 2.45) is 0 Å². The molecule has 0 aliphatic carbocycles. The number of hydrogen-bond acceptors (Lipinski definition) is 3. The molecule has 70 valence electrons. The van der Waals surface area contributed by atoms with Crippen LogP contribution >= 0.6 is 0 Å². The van der Waals surface area contributed by atoms with Crippen LogP contribution in [0.3, 0.4) is 0 Å². The Morgan fingerprint density at radius 2 is 2.36 bits per heavy atom. The van der Waals surface area contributed by atoms with E-state index < -0.39 is 5.97 Å². The standard InChI is InChI=1S/C10H8N2O2/c13-10(14)9-8-6-11-4-1-2-7(8)3-5-12-9/h1-6,11H,(H,13,14). The zero-order valence-electron chi connectivity index (χ0n) is 7.27. The third-order valence-electron chi connectivity index (χ3n) is 1.92. The second-order valence-electron chi connectivity index (χ2n) is 2.80. The van der Waals surface area contributed by atoms with Crippen LogP contribution in [-0.2, 0) is 0 Å². The van der Waals surface area contributed by atoms with Gasteiger partial charge in [0.1, 0.15) is 0 Å². The lowest BCUT2D eigenvalue weighted by molar-refractivity contribution is 0.0689. The number of aromatic carboxylic acids is 1. The minimum Gasteiger partial charge on any atom is -0.476 e. The van der Waals surface area contributed by atoms with E-state index in [9.17, 15) is 4.79 Å². The lowest BCUT2D eigenvalue weighted by Crippen LogP contribution is -2.32. The predicted octanol–water partition coefficient (Wildman–Crippen LogP) is -0.585. The number of nitrogens with zero attached hydrogens (tertiary/aromatic N) is 1. The van der Waals surface area contributed by atoms with E-state index in [-0.39, 0.29) is 5.69 Å². The van der Waals surface area contributed by atoms with Gasteiger partial charge in [-0.1, -0.05) is 6.08 Å². The summed E-state index contributed by atoms with van der Waals surface area (Å²) in [4.78, 5) is 14.7. The smallest absolute Gasteiger partial charge is 0.355 e. The number of carboxylic acid groups (broad SMARTS) is 1. The Morgan fingerprint density at radius 3 is 3.14 bits per heavy atom. The third kappa shape index (κ3) is 1.37. The van der Waals surface area contributed by atoms with Gasteiger partial charge < -0.3 is 10.4 Å². The Morgan fingerprint density at radius 1 is 1.50 bits per heavy atom. The van der Waals surface area contributed by atoms with E-state index in [4.69, 9.17) is 5.11 Å². The van der Waals surface area contributed by atoms with Crippen molar-refractivity contribution >= 4 is 18.2 Å². The quantitative estimate of drug-likeness (QED) is 0.618. The Bertz CT molecular complexity index is 517. The maximum Gasteiger partial charge on any atom is 0.355 e. The molecule has 0 spiro atoms. The summed E-state index contributed by atoms with van der Waals surface area (Å²) < 4.78 is 0. The largest absolute Gasteiger partial charge is 0.476 e. The fraction of sp³-hybridized carbons (Fsp3) is 0. The van der Waals surface area contributed by atoms with Crippen molar-refractivity contribution in [2.75, 3.05) is 0 Å². The first-order valence-corrected chi connectivity index (χ1v) is 4.10. The summed E-state index contributed by atoms with van der Waals surface area (Å²) in [5, 5.41) is 13.2. The number of fused-ring (bicyclic) bond motifs is 1. The summed E-state index contributed by atoms with van der Waals surface area (Å²) >= 11 is 0. The minimum absolute atomic E-state index is 0.0648. The van der Waals surface area contributed by atoms with E-state index >= 15 is 0 Å². The van der Waals surface area contributed by atoms with Crippen LogP contribution < -0.4 is 15.8 Å². The zero-order chi connectivity index (χ0) is 9.97. The molecule has 0 radical (unpaired) electrons. The molecular weight excluding hydrogens is 180 g/mol. The van der Waals surface area contributed by atoms with Gasteiger partial charge in [0, 0.05) is 23.8 Å². The van der Waals surface area contributed by atoms with Crippen molar-refractivity contribution in [3.8, 4) is 0 Å². The monoisotopic (exact) mass is 188 g/mol. The van der Waals surface area contributed by atoms with Crippen molar-refractivity contribution in [1.29, 1.82) is 0 Å². The molecule has 0 amide bonds. The summed E-state index contributed by atoms with van der Waals surface area (Å²) in [6.07, 6.45) is 8.50. The molecule has 0 atom stereocenters. The molecule has 2 rings (SSSR count). The predicted molar refractivity (Wildman–Crippen MR) is 51.7 cm³/mol. The molecule has 0 unspecified atom stereocenters. The van der Waals surface area contributed by atoms with Crippen molar-refractivity contribution in [2.45, 2.75) is 0 Å². The van der Waals surface area contributed by atoms with Crippen LogP contribution in [0.25, 0.3) is 12.3 Å². The van der Waals surface area contributed by atoms with Crippen LogP contribution in [0.4, 0.5) is 0 Å². The number of allylic oxidation sites excluding steroid dienone is 1. The van der Waals surface area contributed by atoms with E-state index in [1.165, 1.54) is 6.20 Å². The van der Waals surface area contributed by atoms with E-state index in [0.717, 1.165) is 5.22 Å². The lowest BCUT2D eigenvalue weighted by atomic mass is 10.2. The average Bonchev–Trinajstić information content (AvgIpc) is 2.41. The van der Waals surface area contributed by atoms with Gasteiger partial charge >= 0.3 is 5.97 Å². The number of pyridine rings is 1. The highest BCUT2D eigenvalue weighted by molar-refractivity contribution is 5.85. The van der Waals surface area contributed by atoms with Crippen LogP contribution in [-0.4, -0.2) is 16.1 Å². The van der Waals surface area contributed by atoms with Crippen molar-refractivity contribution in [3.63, 3.8) is 0 Å². The molecule has 1 aliphatic rings. The molecule has 4 heteroatoms. The Kier molecular flexibility index (Phi) is 2.02. The van der Waals surface area contributed by atoms with Gasteiger partial charge in [0.05, 0.1) is 0 Å². The van der Waals surface area contributed by atoms with Crippen molar-refractivity contribution < 1.29 is 9.90 Å². The normalized spacial score (nSPS) is 12.9. The minimum atomic E-state index is -1.02. The topological polar surface area (TPSA) is 62.2 Å². The highest BCUT2D eigenvalue weighted by Crippen LogP contribution is 1.84. The number of rotatable bonds is 1. The van der Waals surface area contributed by atoms with Crippen LogP contribution in [0.5, 0.6) is 0 Å². The van der Waals surface area contributed by atoms with Crippen LogP contribution in [0, 0.1) is 0 Å². The van der Waals surface area contributed by atoms with Gasteiger partial charge in [-0.25, -0.2) is 9.78 Å². The first kappa shape index (κ1) is 8.50. The molecule has 2 N–H and O–H groups in total. The first-order chi connectivity index (χ1) is 6.79. The van der Waals surface area contributed by atoms with E-state index in [1.54, 1.807) is 18.5 Å². The fourth-order valence-electron chi connectivity index (χ4n) is 1.29. The SMILES string of the molecule is O=C(O)c1nccc2c1=CNC=CC=2. The number of carbonyl (C=O) groups is 1. The van der Waals surface area contributed by atoms with Gasteiger partial charge in [-0.15, -0.1) is 0 Å². The molecule has 0 saturated heterocycles. The number of carboxylic acids is 1. The van der Waals surface area contributed by atoms with E-state index in [2.05, 4.69) is 10.3 Å². The van der Waals surface area contributed by atoms with Crippen LogP contribution in [0.15, 0.2) is 24.5 Å². The van der Waals surface area contributed by atoms with Crippen LogP contribution in [0.1, 0.15) is 10.5 Å². The van der Waals surface area contributed by atoms with Gasteiger partial charge in [-0.3, -0.25) is 0 Å². The maximum atomic E-state index is 10.8. The molecule has 0 bridgehead atoms. The Labute approximate surface area is 79.9 Å². The molecule has 0 fully saturated rings. The molecule has 1 aromatic rings. The number of aromatic nitrogens is 1. The van der Waals surface area contributed by atoms with Gasteiger partial charge in [-0.05, 0) is 17.4 Å². The summed E-state index contributed by atoms with van der Waals surface area (Å²) in [5.74, 6) is -1.02. The molecule has 1 aromatic heterocycles. The van der Waals surface area contributed by atoms with E-state index in [0.29, 0.717) is 5.22 Å². The van der Waals surface area contributed by atoms with Gasteiger partial charge in [0.15, 0.2) is 5.69 Å². The zero-order valence-corrected chi connectivity index (χ0v) is 7.27. The van der Waals surface area contributed by atoms with Gasteiger partial charge in [0.2, 0.25) is 0 Å². The molecule has 4 nitrogen and oxygen atoms in total. The van der Waals surface area contributed by atoms with Gasteiger partial charge in [0.25, 0.3) is 0 Å². The average molecular weight is 188 g/mol. The third-order valence-corrected chi connectivity index (χ3v) is 1.92. The number of nitrogens with one attached hydrogen (secondary N) is 1. The van der Waals surface area contributed by atoms with E-state index in [1.807, 2.05) is 12.2 Å². The highest BCUT2D eigenvalue weighted by Gasteiger charge is 2.06. The highest BCUT2D eigenvalue weighted by atomic mass is 16.4. The molecule has 2 heterocycles. The van der Waals surface area contributed by atoms with Crippen molar-refractivity contribution in [1.82, 2.24) is 10.3 Å². The molecule has 1 aliphatic heterocycles. The summed E-state index contributed by atoms with van der Waals surface area (Å²) in [6.45, 7) is 0. The van der Waals surface area contributed by atoms with Crippen molar-refractivity contribution in [3.05, 3.63) is 40.7 Å². The summed E-state index contributed by atoms with van der Waals surface area (Å²) in [6, 6.07) is 1.77. The first-order valence-electron chi connectivity index (χ1n) is 4.10. The Balaban J connectivity index is 2.82. The maximum absolute atomic E-state index is 10.8. The molecule has 0 aromatic carbocycles. The van der Waals surface area contributed by atoms with Crippen LogP contribution in [0.2, 0.25) is 0 Å². The summed E-state index contributed by atoms with van der Waals surface area (Å²) in [5.41, 5.74) is 0.0648. The molecular formula is C10H8N2O2. The molecule has 14 heavy (non-hydrogen) atoms. The second-order valence-corrected chi connectivity index (χ2v) is 2.80. The lowest BCUT2D eigenvalue weighted by Gasteiger charge is -1.95. The molecule has 0 saturated carbocycles. The second kappa shape index (κ2) is 3.33. The number of hydrogen-bond donors (Lipinski definition) is 2. The Hall–Kier alpha value is -2.10. The van der Waals surface area contributed by atoms with Gasteiger partial charge in [-0.2, -0.15) is 0 Å².